The maximum Gasteiger partial charge on any atom is 0.265 e. The van der Waals surface area contributed by atoms with Crippen LogP contribution in [0.25, 0.3) is 0 Å². The Balaban J connectivity index is 1.89. The first kappa shape index (κ1) is 39.0. The summed E-state index contributed by atoms with van der Waals surface area (Å²) in [7, 11) is 1.21. The van der Waals surface area contributed by atoms with Crippen molar-refractivity contribution >= 4 is 43.5 Å². The van der Waals surface area contributed by atoms with E-state index in [2.05, 4.69) is 21.2 Å². The number of halogens is 1. The van der Waals surface area contributed by atoms with Gasteiger partial charge in [-0.3, -0.25) is 13.9 Å². The number of methoxy groups -OCH3 is 4. The van der Waals surface area contributed by atoms with Crippen LogP contribution in [0.5, 0.6) is 23.0 Å². The maximum atomic E-state index is 14.9. The molecule has 0 spiro atoms. The maximum absolute atomic E-state index is 14.9. The Bertz CT molecular complexity index is 1910. The molecule has 4 aromatic rings. The van der Waals surface area contributed by atoms with Crippen molar-refractivity contribution in [1.29, 1.82) is 0 Å². The molecule has 1 atom stereocenters. The van der Waals surface area contributed by atoms with Crippen molar-refractivity contribution < 1.29 is 37.0 Å². The largest absolute Gasteiger partial charge is 0.497 e. The van der Waals surface area contributed by atoms with Crippen LogP contribution in [-0.2, 0) is 32.6 Å². The van der Waals surface area contributed by atoms with Crippen molar-refractivity contribution in [3.63, 3.8) is 0 Å². The van der Waals surface area contributed by atoms with Gasteiger partial charge in [-0.05, 0) is 53.4 Å². The standard InChI is InChI=1S/C38H44BrN3O8S/c1-26(2)23-40-38(44)33(20-27-11-8-7-9-12-27)41(24-28-13-10-14-29(39)19-28)37(43)25-42(32-21-30(47-3)15-17-34(32)48-4)51(45,46)31-16-18-35(49-5)36(22-31)50-6/h7-19,21-22,26,33H,20,23-25H2,1-6H3,(H,40,44)/t33-/m0/s1. The number of rotatable bonds is 17. The Morgan fingerprint density at radius 1 is 0.765 bits per heavy atom. The predicted octanol–water partition coefficient (Wildman–Crippen LogP) is 6.09. The number of nitrogens with one attached hydrogen (secondary N) is 1. The van der Waals surface area contributed by atoms with Gasteiger partial charge in [0.1, 0.15) is 24.1 Å². The number of carbonyl (C=O) groups excluding carboxylic acids is 2. The number of anilines is 1. The number of sulfonamides is 1. The molecule has 4 rings (SSSR count). The zero-order chi connectivity index (χ0) is 37.1. The summed E-state index contributed by atoms with van der Waals surface area (Å²) in [4.78, 5) is 30.2. The fraction of sp³-hybridized carbons (Fsp3) is 0.316. The molecule has 0 aliphatic heterocycles. The van der Waals surface area contributed by atoms with E-state index in [1.54, 1.807) is 12.1 Å². The second-order valence-electron chi connectivity index (χ2n) is 12.1. The third kappa shape index (κ3) is 9.95. The first-order valence-corrected chi connectivity index (χ1v) is 18.5. The zero-order valence-electron chi connectivity index (χ0n) is 29.6. The summed E-state index contributed by atoms with van der Waals surface area (Å²) in [6, 6.07) is 24.6. The van der Waals surface area contributed by atoms with Crippen LogP contribution in [0.1, 0.15) is 25.0 Å². The lowest BCUT2D eigenvalue weighted by molar-refractivity contribution is -0.140. The summed E-state index contributed by atoms with van der Waals surface area (Å²) < 4.78 is 52.9. The van der Waals surface area contributed by atoms with Crippen LogP contribution < -0.4 is 28.6 Å². The van der Waals surface area contributed by atoms with E-state index in [-0.39, 0.29) is 46.9 Å². The minimum Gasteiger partial charge on any atom is -0.497 e. The van der Waals surface area contributed by atoms with Crippen LogP contribution in [0, 0.1) is 5.92 Å². The molecule has 0 aromatic heterocycles. The average Bonchev–Trinajstić information content (AvgIpc) is 3.13. The van der Waals surface area contributed by atoms with Crippen LogP contribution >= 0.6 is 15.9 Å². The van der Waals surface area contributed by atoms with Gasteiger partial charge in [-0.25, -0.2) is 8.42 Å². The summed E-state index contributed by atoms with van der Waals surface area (Å²) in [6.07, 6.45) is 0.190. The van der Waals surface area contributed by atoms with Gasteiger partial charge in [0.25, 0.3) is 10.0 Å². The molecule has 0 bridgehead atoms. The number of benzene rings is 4. The molecule has 0 aliphatic rings. The van der Waals surface area contributed by atoms with Gasteiger partial charge in [-0.1, -0.05) is 72.2 Å². The summed E-state index contributed by atoms with van der Waals surface area (Å²) >= 11 is 3.51. The zero-order valence-corrected chi connectivity index (χ0v) is 32.0. The quantitative estimate of drug-likeness (QED) is 0.137. The number of carbonyl (C=O) groups is 2. The van der Waals surface area contributed by atoms with Gasteiger partial charge in [0.05, 0.1) is 39.0 Å². The molecule has 4 aromatic carbocycles. The number of amides is 2. The van der Waals surface area contributed by atoms with E-state index < -0.39 is 28.5 Å². The van der Waals surface area contributed by atoms with Crippen molar-refractivity contribution in [3.05, 3.63) is 107 Å². The molecule has 0 saturated heterocycles. The van der Waals surface area contributed by atoms with E-state index in [0.717, 1.165) is 19.9 Å². The lowest BCUT2D eigenvalue weighted by Gasteiger charge is -2.34. The molecule has 272 valence electrons. The van der Waals surface area contributed by atoms with Gasteiger partial charge in [0.2, 0.25) is 11.8 Å². The molecule has 2 amide bonds. The number of hydrogen-bond acceptors (Lipinski definition) is 8. The first-order chi connectivity index (χ1) is 24.4. The summed E-state index contributed by atoms with van der Waals surface area (Å²) in [5, 5.41) is 3.00. The van der Waals surface area contributed by atoms with Gasteiger partial charge in [0.15, 0.2) is 11.5 Å². The minimum absolute atomic E-state index is 0.0182. The van der Waals surface area contributed by atoms with Crippen LogP contribution in [-0.4, -0.2) is 72.7 Å². The molecule has 0 saturated carbocycles. The minimum atomic E-state index is -4.50. The molecular weight excluding hydrogens is 738 g/mol. The van der Waals surface area contributed by atoms with Crippen LogP contribution in [0.4, 0.5) is 5.69 Å². The monoisotopic (exact) mass is 781 g/mol. The highest BCUT2D eigenvalue weighted by atomic mass is 79.9. The Kier molecular flexibility index (Phi) is 13.7. The van der Waals surface area contributed by atoms with Crippen molar-refractivity contribution in [2.45, 2.75) is 37.8 Å². The fourth-order valence-corrected chi connectivity index (χ4v) is 7.30. The second-order valence-corrected chi connectivity index (χ2v) is 14.8. The van der Waals surface area contributed by atoms with Crippen molar-refractivity contribution in [3.8, 4) is 23.0 Å². The van der Waals surface area contributed by atoms with Crippen LogP contribution in [0.15, 0.2) is 100 Å². The van der Waals surface area contributed by atoms with Gasteiger partial charge in [-0.2, -0.15) is 0 Å². The predicted molar refractivity (Wildman–Crippen MR) is 200 cm³/mol. The molecule has 11 nitrogen and oxygen atoms in total. The van der Waals surface area contributed by atoms with Crippen molar-refractivity contribution in [2.75, 3.05) is 45.8 Å². The molecule has 0 unspecified atom stereocenters. The number of hydrogen-bond donors (Lipinski definition) is 1. The smallest absolute Gasteiger partial charge is 0.265 e. The Labute approximate surface area is 308 Å². The fourth-order valence-electron chi connectivity index (χ4n) is 5.42. The van der Waals surface area contributed by atoms with E-state index in [0.29, 0.717) is 18.0 Å². The summed E-state index contributed by atoms with van der Waals surface area (Å²) in [5.41, 5.74) is 1.63. The van der Waals surface area contributed by atoms with E-state index in [4.69, 9.17) is 18.9 Å². The Hall–Kier alpha value is -4.75. The van der Waals surface area contributed by atoms with E-state index >= 15 is 0 Å². The van der Waals surface area contributed by atoms with Gasteiger partial charge >= 0.3 is 0 Å². The third-order valence-corrected chi connectivity index (χ3v) is 10.3. The lowest BCUT2D eigenvalue weighted by atomic mass is 10.0. The van der Waals surface area contributed by atoms with Crippen molar-refractivity contribution in [2.24, 2.45) is 5.92 Å². The van der Waals surface area contributed by atoms with Gasteiger partial charge in [0, 0.05) is 36.1 Å². The summed E-state index contributed by atoms with van der Waals surface area (Å²) in [6.45, 7) is 3.69. The Morgan fingerprint density at radius 3 is 2.06 bits per heavy atom. The highest BCUT2D eigenvalue weighted by Crippen LogP contribution is 2.38. The molecule has 0 radical (unpaired) electrons. The number of ether oxygens (including phenoxy) is 4. The van der Waals surface area contributed by atoms with E-state index in [1.807, 2.05) is 68.4 Å². The van der Waals surface area contributed by atoms with E-state index in [1.165, 1.54) is 57.6 Å². The highest BCUT2D eigenvalue weighted by Gasteiger charge is 2.36. The average molecular weight is 783 g/mol. The molecule has 0 heterocycles. The first-order valence-electron chi connectivity index (χ1n) is 16.2. The molecular formula is C38H44BrN3O8S. The summed E-state index contributed by atoms with van der Waals surface area (Å²) in [5.74, 6) is 0.211. The molecule has 0 fully saturated rings. The SMILES string of the molecule is COc1ccc(OC)c(N(CC(=O)N(Cc2cccc(Br)c2)[C@@H](Cc2ccccc2)C(=O)NCC(C)C)S(=O)(=O)c2ccc(OC)c(OC)c2)c1. The third-order valence-electron chi connectivity index (χ3n) is 8.07. The normalized spacial score (nSPS) is 11.8. The highest BCUT2D eigenvalue weighted by molar-refractivity contribution is 9.10. The Morgan fingerprint density at radius 2 is 1.43 bits per heavy atom. The number of nitrogens with zero attached hydrogens (tertiary/aromatic N) is 2. The topological polar surface area (TPSA) is 124 Å². The van der Waals surface area contributed by atoms with Crippen LogP contribution in [0.2, 0.25) is 0 Å². The van der Waals surface area contributed by atoms with Crippen molar-refractivity contribution in [1.82, 2.24) is 10.2 Å². The van der Waals surface area contributed by atoms with Crippen LogP contribution in [0.3, 0.4) is 0 Å². The second kappa shape index (κ2) is 18.0. The molecule has 51 heavy (non-hydrogen) atoms. The molecule has 13 heteroatoms. The van der Waals surface area contributed by atoms with Gasteiger partial charge < -0.3 is 29.2 Å². The lowest BCUT2D eigenvalue weighted by Crippen LogP contribution is -2.53. The van der Waals surface area contributed by atoms with Gasteiger partial charge in [-0.15, -0.1) is 0 Å². The molecule has 0 aliphatic carbocycles. The molecule has 1 N–H and O–H groups in total. The van der Waals surface area contributed by atoms with E-state index in [9.17, 15) is 18.0 Å².